The molecule has 1 N–H and O–H groups in total. The van der Waals surface area contributed by atoms with Gasteiger partial charge in [0.2, 0.25) is 0 Å². The van der Waals surface area contributed by atoms with Crippen LogP contribution >= 0.6 is 0 Å². The average molecular weight is 403 g/mol. The van der Waals surface area contributed by atoms with Gasteiger partial charge in [0.1, 0.15) is 0 Å². The molecule has 0 unspecified atom stereocenters. The monoisotopic (exact) mass is 403 g/mol. The summed E-state index contributed by atoms with van der Waals surface area (Å²) in [4.78, 5) is 35.9. The molecule has 0 aliphatic heterocycles. The number of carbonyl (C=O) groups is 3. The van der Waals surface area contributed by atoms with E-state index < -0.39 is 24.5 Å². The second kappa shape index (κ2) is 10.0. The Morgan fingerprint density at radius 1 is 0.767 bits per heavy atom. The molecule has 0 saturated carbocycles. The molecule has 0 aliphatic carbocycles. The number of amides is 1. The number of anilines is 1. The molecular formula is C24H21NO5. The molecule has 3 rings (SSSR count). The standard InChI is InChI=1S/C24H21NO5/c1-29-23(27)18-11-13-19(14-12-18)24(28)30-16-22(26)25-21-10-6-5-9-20(21)15-17-7-3-2-4-8-17/h2-14H,15-16H2,1H3,(H,25,26). The van der Waals surface area contributed by atoms with Crippen LogP contribution in [0, 0.1) is 0 Å². The Labute approximate surface area is 174 Å². The number of rotatable bonds is 7. The molecule has 0 bridgehead atoms. The van der Waals surface area contributed by atoms with Gasteiger partial charge in [-0.15, -0.1) is 0 Å². The zero-order valence-corrected chi connectivity index (χ0v) is 16.5. The maximum Gasteiger partial charge on any atom is 0.338 e. The lowest BCUT2D eigenvalue weighted by atomic mass is 10.0. The predicted molar refractivity (Wildman–Crippen MR) is 112 cm³/mol. The summed E-state index contributed by atoms with van der Waals surface area (Å²) in [6.07, 6.45) is 0.670. The molecule has 6 heteroatoms. The van der Waals surface area contributed by atoms with Crippen LogP contribution in [0.2, 0.25) is 0 Å². The lowest BCUT2D eigenvalue weighted by Gasteiger charge is -2.11. The highest BCUT2D eigenvalue weighted by Crippen LogP contribution is 2.19. The van der Waals surface area contributed by atoms with Crippen molar-refractivity contribution in [3.05, 3.63) is 101 Å². The first kappa shape index (κ1) is 20.8. The molecule has 0 radical (unpaired) electrons. The second-order valence-electron chi connectivity index (χ2n) is 6.51. The minimum absolute atomic E-state index is 0.236. The molecular weight excluding hydrogens is 382 g/mol. The van der Waals surface area contributed by atoms with E-state index in [9.17, 15) is 14.4 Å². The van der Waals surface area contributed by atoms with Crippen molar-refractivity contribution in [1.29, 1.82) is 0 Å². The summed E-state index contributed by atoms with van der Waals surface area (Å²) >= 11 is 0. The summed E-state index contributed by atoms with van der Waals surface area (Å²) in [7, 11) is 1.28. The third-order valence-electron chi connectivity index (χ3n) is 4.40. The molecule has 0 saturated heterocycles. The highest BCUT2D eigenvalue weighted by molar-refractivity contribution is 5.96. The van der Waals surface area contributed by atoms with Crippen LogP contribution in [-0.4, -0.2) is 31.6 Å². The van der Waals surface area contributed by atoms with Crippen LogP contribution in [0.3, 0.4) is 0 Å². The van der Waals surface area contributed by atoms with Crippen molar-refractivity contribution in [1.82, 2.24) is 0 Å². The lowest BCUT2D eigenvalue weighted by Crippen LogP contribution is -2.21. The third-order valence-corrected chi connectivity index (χ3v) is 4.40. The number of ether oxygens (including phenoxy) is 2. The van der Waals surface area contributed by atoms with Crippen molar-refractivity contribution in [2.45, 2.75) is 6.42 Å². The van der Waals surface area contributed by atoms with E-state index in [2.05, 4.69) is 10.1 Å². The highest BCUT2D eigenvalue weighted by atomic mass is 16.5. The molecule has 6 nitrogen and oxygen atoms in total. The maximum atomic E-state index is 12.3. The maximum absolute atomic E-state index is 12.3. The molecule has 1 amide bonds. The number of esters is 2. The largest absolute Gasteiger partial charge is 0.465 e. The van der Waals surface area contributed by atoms with Gasteiger partial charge in [-0.25, -0.2) is 9.59 Å². The van der Waals surface area contributed by atoms with Crippen LogP contribution in [-0.2, 0) is 20.7 Å². The highest BCUT2D eigenvalue weighted by Gasteiger charge is 2.13. The Hall–Kier alpha value is -3.93. The van der Waals surface area contributed by atoms with Gasteiger partial charge in [-0.05, 0) is 47.9 Å². The third kappa shape index (κ3) is 5.54. The van der Waals surface area contributed by atoms with Gasteiger partial charge in [0.15, 0.2) is 6.61 Å². The number of carbonyl (C=O) groups excluding carboxylic acids is 3. The van der Waals surface area contributed by atoms with Gasteiger partial charge in [-0.1, -0.05) is 48.5 Å². The van der Waals surface area contributed by atoms with Crippen LogP contribution in [0.1, 0.15) is 31.8 Å². The van der Waals surface area contributed by atoms with Gasteiger partial charge in [0, 0.05) is 5.69 Å². The minimum Gasteiger partial charge on any atom is -0.465 e. The van der Waals surface area contributed by atoms with Crippen molar-refractivity contribution in [2.24, 2.45) is 0 Å². The first-order valence-corrected chi connectivity index (χ1v) is 9.34. The van der Waals surface area contributed by atoms with Crippen LogP contribution in [0.15, 0.2) is 78.9 Å². The molecule has 0 heterocycles. The Balaban J connectivity index is 1.57. The van der Waals surface area contributed by atoms with E-state index in [1.165, 1.54) is 31.4 Å². The Bertz CT molecular complexity index is 1030. The Morgan fingerprint density at radius 3 is 2.03 bits per heavy atom. The van der Waals surface area contributed by atoms with Gasteiger partial charge in [-0.2, -0.15) is 0 Å². The number of nitrogens with one attached hydrogen (secondary N) is 1. The summed E-state index contributed by atoms with van der Waals surface area (Å²) in [5, 5.41) is 2.79. The zero-order chi connectivity index (χ0) is 21.3. The summed E-state index contributed by atoms with van der Waals surface area (Å²) in [6, 6.07) is 23.2. The topological polar surface area (TPSA) is 81.7 Å². The quantitative estimate of drug-likeness (QED) is 0.606. The summed E-state index contributed by atoms with van der Waals surface area (Å²) in [5.74, 6) is -1.59. The van der Waals surface area contributed by atoms with Crippen molar-refractivity contribution in [2.75, 3.05) is 19.0 Å². The molecule has 3 aromatic rings. The van der Waals surface area contributed by atoms with Crippen molar-refractivity contribution >= 4 is 23.5 Å². The van der Waals surface area contributed by atoms with Crippen LogP contribution in [0.4, 0.5) is 5.69 Å². The van der Waals surface area contributed by atoms with Crippen molar-refractivity contribution in [3.8, 4) is 0 Å². The molecule has 0 atom stereocenters. The molecule has 152 valence electrons. The number of methoxy groups -OCH3 is 1. The fourth-order valence-corrected chi connectivity index (χ4v) is 2.87. The Kier molecular flexibility index (Phi) is 6.95. The van der Waals surface area contributed by atoms with Crippen LogP contribution in [0.5, 0.6) is 0 Å². The van der Waals surface area contributed by atoms with E-state index in [-0.39, 0.29) is 5.56 Å². The zero-order valence-electron chi connectivity index (χ0n) is 16.5. The smallest absolute Gasteiger partial charge is 0.338 e. The average Bonchev–Trinajstić information content (AvgIpc) is 2.79. The van der Waals surface area contributed by atoms with Gasteiger partial charge in [-0.3, -0.25) is 4.79 Å². The fraction of sp³-hybridized carbons (Fsp3) is 0.125. The van der Waals surface area contributed by atoms with Gasteiger partial charge in [0.05, 0.1) is 18.2 Å². The molecule has 0 fully saturated rings. The van der Waals surface area contributed by atoms with E-state index in [0.29, 0.717) is 17.7 Å². The van der Waals surface area contributed by atoms with Crippen LogP contribution in [0.25, 0.3) is 0 Å². The predicted octanol–water partition coefficient (Wildman–Crippen LogP) is 3.86. The molecule has 3 aromatic carbocycles. The fourth-order valence-electron chi connectivity index (χ4n) is 2.87. The normalized spacial score (nSPS) is 10.2. The molecule has 0 aromatic heterocycles. The molecule has 0 spiro atoms. The van der Waals surface area contributed by atoms with Crippen molar-refractivity contribution in [3.63, 3.8) is 0 Å². The molecule has 30 heavy (non-hydrogen) atoms. The Morgan fingerprint density at radius 2 is 1.37 bits per heavy atom. The van der Waals surface area contributed by atoms with Gasteiger partial charge >= 0.3 is 11.9 Å². The summed E-state index contributed by atoms with van der Waals surface area (Å²) in [6.45, 7) is -0.419. The number of para-hydroxylation sites is 1. The van der Waals surface area contributed by atoms with E-state index in [1.807, 2.05) is 54.6 Å². The van der Waals surface area contributed by atoms with E-state index >= 15 is 0 Å². The number of hydrogen-bond acceptors (Lipinski definition) is 5. The lowest BCUT2D eigenvalue weighted by molar-refractivity contribution is -0.119. The second-order valence-corrected chi connectivity index (χ2v) is 6.51. The van der Waals surface area contributed by atoms with Gasteiger partial charge < -0.3 is 14.8 Å². The summed E-state index contributed by atoms with van der Waals surface area (Å²) < 4.78 is 9.69. The number of benzene rings is 3. The first-order valence-electron chi connectivity index (χ1n) is 9.34. The van der Waals surface area contributed by atoms with E-state index in [1.54, 1.807) is 0 Å². The van der Waals surface area contributed by atoms with Gasteiger partial charge in [0.25, 0.3) is 5.91 Å². The minimum atomic E-state index is -0.654. The molecule has 0 aliphatic rings. The van der Waals surface area contributed by atoms with E-state index in [4.69, 9.17) is 4.74 Å². The van der Waals surface area contributed by atoms with E-state index in [0.717, 1.165) is 11.1 Å². The number of hydrogen-bond donors (Lipinski definition) is 1. The van der Waals surface area contributed by atoms with Crippen molar-refractivity contribution < 1.29 is 23.9 Å². The summed E-state index contributed by atoms with van der Waals surface area (Å²) in [5.41, 5.74) is 3.31. The van der Waals surface area contributed by atoms with Crippen LogP contribution < -0.4 is 5.32 Å². The first-order chi connectivity index (χ1) is 14.6. The SMILES string of the molecule is COC(=O)c1ccc(C(=O)OCC(=O)Nc2ccccc2Cc2ccccc2)cc1.